The topological polar surface area (TPSA) is 111 Å². The Balaban J connectivity index is 2.08. The second-order valence-corrected chi connectivity index (χ2v) is 4.47. The first kappa shape index (κ1) is 14.7. The summed E-state index contributed by atoms with van der Waals surface area (Å²) < 4.78 is 5.23. The summed E-state index contributed by atoms with van der Waals surface area (Å²) >= 11 is 0. The fourth-order valence-corrected chi connectivity index (χ4v) is 1.93. The van der Waals surface area contributed by atoms with Gasteiger partial charge < -0.3 is 15.5 Å². The molecule has 0 atom stereocenters. The van der Waals surface area contributed by atoms with Crippen LogP contribution in [0.3, 0.4) is 0 Å². The van der Waals surface area contributed by atoms with Crippen LogP contribution >= 0.6 is 0 Å². The van der Waals surface area contributed by atoms with E-state index in [1.54, 1.807) is 25.1 Å². The van der Waals surface area contributed by atoms with E-state index in [2.05, 4.69) is 5.32 Å². The molecule has 0 unspecified atom stereocenters. The molecule has 1 amide bonds. The maximum absolute atomic E-state index is 11.9. The fraction of sp³-hybridized carbons (Fsp3) is 0.214. The van der Waals surface area contributed by atoms with Gasteiger partial charge in [0.1, 0.15) is 5.76 Å². The van der Waals surface area contributed by atoms with E-state index in [1.807, 2.05) is 0 Å². The normalized spacial score (nSPS) is 10.4. The number of furan rings is 1. The standard InChI is InChI=1S/C14H15N3O4/c1-9-10(3-2-4-12(9)17(19)20)8-16-14(18)13-6-5-11(7-15)21-13/h2-6H,7-8,15H2,1H3,(H,16,18). The summed E-state index contributed by atoms with van der Waals surface area (Å²) in [6, 6.07) is 7.92. The minimum atomic E-state index is -0.444. The van der Waals surface area contributed by atoms with E-state index in [4.69, 9.17) is 10.2 Å². The van der Waals surface area contributed by atoms with Gasteiger partial charge in [-0.25, -0.2) is 0 Å². The van der Waals surface area contributed by atoms with Crippen molar-refractivity contribution in [2.45, 2.75) is 20.0 Å². The van der Waals surface area contributed by atoms with E-state index in [9.17, 15) is 14.9 Å². The van der Waals surface area contributed by atoms with Crippen molar-refractivity contribution in [1.29, 1.82) is 0 Å². The van der Waals surface area contributed by atoms with Gasteiger partial charge in [0.25, 0.3) is 11.6 Å². The molecule has 1 aromatic carbocycles. The molecule has 0 saturated heterocycles. The molecule has 1 heterocycles. The Morgan fingerprint density at radius 2 is 2.14 bits per heavy atom. The zero-order valence-corrected chi connectivity index (χ0v) is 11.5. The number of nitrogens with two attached hydrogens (primary N) is 1. The smallest absolute Gasteiger partial charge is 0.287 e. The summed E-state index contributed by atoms with van der Waals surface area (Å²) in [5.41, 5.74) is 6.65. The van der Waals surface area contributed by atoms with Crippen LogP contribution in [0.25, 0.3) is 0 Å². The number of nitrogens with one attached hydrogen (secondary N) is 1. The summed E-state index contributed by atoms with van der Waals surface area (Å²) in [5, 5.41) is 13.5. The van der Waals surface area contributed by atoms with Crippen LogP contribution in [0, 0.1) is 17.0 Å². The predicted molar refractivity (Wildman–Crippen MR) is 75.6 cm³/mol. The van der Waals surface area contributed by atoms with Gasteiger partial charge in [0.05, 0.1) is 11.5 Å². The Morgan fingerprint density at radius 1 is 1.38 bits per heavy atom. The lowest BCUT2D eigenvalue weighted by molar-refractivity contribution is -0.385. The highest BCUT2D eigenvalue weighted by Crippen LogP contribution is 2.21. The summed E-state index contributed by atoms with van der Waals surface area (Å²) in [7, 11) is 0. The van der Waals surface area contributed by atoms with Crippen molar-refractivity contribution in [3.05, 3.63) is 63.1 Å². The average Bonchev–Trinajstić information content (AvgIpc) is 2.94. The molecule has 3 N–H and O–H groups in total. The number of nitrogens with zero attached hydrogens (tertiary/aromatic N) is 1. The first-order valence-electron chi connectivity index (χ1n) is 6.32. The highest BCUT2D eigenvalue weighted by Gasteiger charge is 2.15. The zero-order valence-electron chi connectivity index (χ0n) is 11.5. The number of amides is 1. The van der Waals surface area contributed by atoms with E-state index < -0.39 is 4.92 Å². The van der Waals surface area contributed by atoms with Crippen molar-refractivity contribution in [1.82, 2.24) is 5.32 Å². The van der Waals surface area contributed by atoms with Crippen LogP contribution in [0.4, 0.5) is 5.69 Å². The van der Waals surface area contributed by atoms with Gasteiger partial charge in [-0.05, 0) is 24.6 Å². The number of carbonyl (C=O) groups excluding carboxylic acids is 1. The number of hydrogen-bond donors (Lipinski definition) is 2. The molecule has 110 valence electrons. The van der Waals surface area contributed by atoms with Crippen LogP contribution < -0.4 is 11.1 Å². The number of hydrogen-bond acceptors (Lipinski definition) is 5. The van der Waals surface area contributed by atoms with Gasteiger partial charge in [-0.3, -0.25) is 14.9 Å². The van der Waals surface area contributed by atoms with Crippen LogP contribution in [0.2, 0.25) is 0 Å². The number of nitro groups is 1. The molecule has 0 radical (unpaired) electrons. The summed E-state index contributed by atoms with van der Waals surface area (Å²) in [6.07, 6.45) is 0. The van der Waals surface area contributed by atoms with Gasteiger partial charge in [0.2, 0.25) is 0 Å². The molecule has 7 heteroatoms. The molecule has 2 rings (SSSR count). The van der Waals surface area contributed by atoms with Crippen molar-refractivity contribution in [2.75, 3.05) is 0 Å². The minimum absolute atomic E-state index is 0.0326. The molecule has 1 aromatic heterocycles. The van der Waals surface area contributed by atoms with Crippen LogP contribution in [0.15, 0.2) is 34.7 Å². The Kier molecular flexibility index (Phi) is 4.34. The quantitative estimate of drug-likeness (QED) is 0.644. The molecule has 0 aliphatic rings. The van der Waals surface area contributed by atoms with Gasteiger partial charge in [-0.2, -0.15) is 0 Å². The molecule has 0 aliphatic carbocycles. The highest BCUT2D eigenvalue weighted by molar-refractivity contribution is 5.91. The molecule has 0 spiro atoms. The van der Waals surface area contributed by atoms with Crippen molar-refractivity contribution in [3.63, 3.8) is 0 Å². The molecule has 7 nitrogen and oxygen atoms in total. The van der Waals surface area contributed by atoms with Gasteiger partial charge in [0, 0.05) is 18.2 Å². The predicted octanol–water partition coefficient (Wildman–Crippen LogP) is 1.88. The lowest BCUT2D eigenvalue weighted by Crippen LogP contribution is -2.22. The van der Waals surface area contributed by atoms with Crippen molar-refractivity contribution in [3.8, 4) is 0 Å². The Labute approximate surface area is 120 Å². The van der Waals surface area contributed by atoms with Gasteiger partial charge in [0.15, 0.2) is 5.76 Å². The number of nitro benzene ring substituents is 1. The number of benzene rings is 1. The van der Waals surface area contributed by atoms with Crippen LogP contribution in [-0.4, -0.2) is 10.8 Å². The lowest BCUT2D eigenvalue weighted by Gasteiger charge is -2.07. The van der Waals surface area contributed by atoms with Crippen molar-refractivity contribution < 1.29 is 14.1 Å². The number of carbonyl (C=O) groups is 1. The van der Waals surface area contributed by atoms with E-state index >= 15 is 0 Å². The van der Waals surface area contributed by atoms with Gasteiger partial charge in [-0.1, -0.05) is 12.1 Å². The summed E-state index contributed by atoms with van der Waals surface area (Å²) in [6.45, 7) is 2.06. The highest BCUT2D eigenvalue weighted by atomic mass is 16.6. The van der Waals surface area contributed by atoms with Crippen molar-refractivity contribution >= 4 is 11.6 Å². The molecule has 0 aliphatic heterocycles. The molecule has 2 aromatic rings. The maximum atomic E-state index is 11.9. The third kappa shape index (κ3) is 3.26. The molecule has 0 saturated carbocycles. The van der Waals surface area contributed by atoms with E-state index in [1.165, 1.54) is 12.1 Å². The van der Waals surface area contributed by atoms with Crippen molar-refractivity contribution in [2.24, 2.45) is 5.73 Å². The molecule has 0 fully saturated rings. The minimum Gasteiger partial charge on any atom is -0.455 e. The largest absolute Gasteiger partial charge is 0.455 e. The first-order chi connectivity index (χ1) is 10.0. The first-order valence-corrected chi connectivity index (χ1v) is 6.32. The van der Waals surface area contributed by atoms with Gasteiger partial charge in [-0.15, -0.1) is 0 Å². The molecular formula is C14H15N3O4. The third-order valence-corrected chi connectivity index (χ3v) is 3.14. The molecule has 0 bridgehead atoms. The van der Waals surface area contributed by atoms with Crippen LogP contribution in [0.5, 0.6) is 0 Å². The van der Waals surface area contributed by atoms with E-state index in [0.717, 1.165) is 0 Å². The Bertz CT molecular complexity index is 679. The van der Waals surface area contributed by atoms with Gasteiger partial charge >= 0.3 is 0 Å². The average molecular weight is 289 g/mol. The second-order valence-electron chi connectivity index (χ2n) is 4.47. The Morgan fingerprint density at radius 3 is 2.76 bits per heavy atom. The SMILES string of the molecule is Cc1c(CNC(=O)c2ccc(CN)o2)cccc1[N+](=O)[O-]. The van der Waals surface area contributed by atoms with Crippen LogP contribution in [-0.2, 0) is 13.1 Å². The summed E-state index contributed by atoms with van der Waals surface area (Å²) in [4.78, 5) is 22.3. The van der Waals surface area contributed by atoms with E-state index in [0.29, 0.717) is 16.9 Å². The third-order valence-electron chi connectivity index (χ3n) is 3.14. The monoisotopic (exact) mass is 289 g/mol. The fourth-order valence-electron chi connectivity index (χ4n) is 1.93. The molecule has 21 heavy (non-hydrogen) atoms. The zero-order chi connectivity index (χ0) is 15.4. The maximum Gasteiger partial charge on any atom is 0.287 e. The summed E-state index contributed by atoms with van der Waals surface area (Å²) in [5.74, 6) is 0.297. The second kappa shape index (κ2) is 6.19. The lowest BCUT2D eigenvalue weighted by atomic mass is 10.1. The Hall–Kier alpha value is -2.67. The van der Waals surface area contributed by atoms with E-state index in [-0.39, 0.29) is 30.4 Å². The molecular weight excluding hydrogens is 274 g/mol. The number of rotatable bonds is 5. The van der Waals surface area contributed by atoms with Crippen LogP contribution in [0.1, 0.15) is 27.4 Å².